The average Bonchev–Trinajstić information content (AvgIpc) is 2.75. The van der Waals surface area contributed by atoms with Crippen LogP contribution >= 0.6 is 0 Å². The molecule has 1 atom stereocenters. The van der Waals surface area contributed by atoms with E-state index in [1.165, 1.54) is 11.1 Å². The van der Waals surface area contributed by atoms with Crippen LogP contribution in [0.15, 0.2) is 42.6 Å². The molecular weight excluding hydrogens is 350 g/mol. The average molecular weight is 380 g/mol. The molecule has 1 amide bonds. The van der Waals surface area contributed by atoms with Crippen LogP contribution in [-0.4, -0.2) is 54.0 Å². The van der Waals surface area contributed by atoms with Crippen molar-refractivity contribution >= 4 is 5.91 Å². The molecule has 1 aromatic carbocycles. The maximum atomic E-state index is 12.9. The summed E-state index contributed by atoms with van der Waals surface area (Å²) >= 11 is 0. The number of hydrogen-bond donors (Lipinski definition) is 0. The molecule has 0 bridgehead atoms. The van der Waals surface area contributed by atoms with Gasteiger partial charge in [0.25, 0.3) is 0 Å². The summed E-state index contributed by atoms with van der Waals surface area (Å²) < 4.78 is 5.36. The fraction of sp³-hybridized carbons (Fsp3) is 0.478. The lowest BCUT2D eigenvalue weighted by atomic mass is 9.80. The summed E-state index contributed by atoms with van der Waals surface area (Å²) in [5.41, 5.74) is 3.79. The summed E-state index contributed by atoms with van der Waals surface area (Å²) in [7, 11) is 1.71. The van der Waals surface area contributed by atoms with Gasteiger partial charge < -0.3 is 9.64 Å². The Labute approximate surface area is 167 Å². The number of ether oxygens (including phenoxy) is 1. The third-order valence-electron chi connectivity index (χ3n) is 6.05. The fourth-order valence-corrected chi connectivity index (χ4v) is 4.45. The van der Waals surface area contributed by atoms with Gasteiger partial charge >= 0.3 is 0 Å². The number of aryl methyl sites for hydroxylation is 1. The number of pyridine rings is 1. The van der Waals surface area contributed by atoms with Crippen LogP contribution in [0, 0.1) is 0 Å². The SMILES string of the molecule is COc1ccc2c(c1)CCCC2CC(=O)N1CCN(Cc2ccccn2)CC1. The van der Waals surface area contributed by atoms with E-state index in [2.05, 4.69) is 28.1 Å². The van der Waals surface area contributed by atoms with Gasteiger partial charge in [-0.25, -0.2) is 0 Å². The predicted octanol–water partition coefficient (Wildman–Crippen LogP) is 3.24. The molecule has 5 heteroatoms. The maximum absolute atomic E-state index is 12.9. The summed E-state index contributed by atoms with van der Waals surface area (Å²) in [4.78, 5) is 21.8. The summed E-state index contributed by atoms with van der Waals surface area (Å²) in [5, 5.41) is 0. The lowest BCUT2D eigenvalue weighted by Crippen LogP contribution is -2.48. The first kappa shape index (κ1) is 18.9. The van der Waals surface area contributed by atoms with E-state index in [1.807, 2.05) is 29.3 Å². The van der Waals surface area contributed by atoms with Crippen molar-refractivity contribution in [3.63, 3.8) is 0 Å². The Morgan fingerprint density at radius 1 is 1.18 bits per heavy atom. The topological polar surface area (TPSA) is 45.7 Å². The number of fused-ring (bicyclic) bond motifs is 1. The molecule has 1 fully saturated rings. The molecule has 1 aliphatic carbocycles. The first-order valence-electron chi connectivity index (χ1n) is 10.3. The van der Waals surface area contributed by atoms with E-state index in [1.54, 1.807) is 7.11 Å². The lowest BCUT2D eigenvalue weighted by molar-refractivity contribution is -0.133. The number of methoxy groups -OCH3 is 1. The van der Waals surface area contributed by atoms with Gasteiger partial charge in [0.2, 0.25) is 5.91 Å². The van der Waals surface area contributed by atoms with Crippen LogP contribution in [0.3, 0.4) is 0 Å². The minimum absolute atomic E-state index is 0.297. The molecule has 0 N–H and O–H groups in total. The number of carbonyl (C=O) groups excluding carboxylic acids is 1. The highest BCUT2D eigenvalue weighted by Gasteiger charge is 2.27. The highest BCUT2D eigenvalue weighted by Crippen LogP contribution is 2.36. The first-order valence-corrected chi connectivity index (χ1v) is 10.3. The molecule has 5 nitrogen and oxygen atoms in total. The van der Waals surface area contributed by atoms with E-state index in [-0.39, 0.29) is 0 Å². The minimum atomic E-state index is 0.297. The third-order valence-corrected chi connectivity index (χ3v) is 6.05. The minimum Gasteiger partial charge on any atom is -0.497 e. The fourth-order valence-electron chi connectivity index (χ4n) is 4.45. The second-order valence-corrected chi connectivity index (χ2v) is 7.84. The second kappa shape index (κ2) is 8.74. The summed E-state index contributed by atoms with van der Waals surface area (Å²) in [6.07, 6.45) is 5.80. The number of nitrogens with zero attached hydrogens (tertiary/aromatic N) is 3. The number of piperazine rings is 1. The lowest BCUT2D eigenvalue weighted by Gasteiger charge is -2.35. The number of carbonyl (C=O) groups is 1. The molecular formula is C23H29N3O2. The van der Waals surface area contributed by atoms with Crippen molar-refractivity contribution in [2.75, 3.05) is 33.3 Å². The van der Waals surface area contributed by atoms with Crippen molar-refractivity contribution in [2.45, 2.75) is 38.1 Å². The van der Waals surface area contributed by atoms with E-state index in [0.717, 1.165) is 63.4 Å². The first-order chi connectivity index (χ1) is 13.7. The molecule has 2 aliphatic rings. The zero-order valence-electron chi connectivity index (χ0n) is 16.6. The summed E-state index contributed by atoms with van der Waals surface area (Å²) in [6.45, 7) is 4.32. The Morgan fingerprint density at radius 2 is 2.04 bits per heavy atom. The smallest absolute Gasteiger partial charge is 0.223 e. The van der Waals surface area contributed by atoms with Gasteiger partial charge in [0.15, 0.2) is 0 Å². The van der Waals surface area contributed by atoms with Crippen LogP contribution in [0.4, 0.5) is 0 Å². The van der Waals surface area contributed by atoms with Crippen molar-refractivity contribution in [1.82, 2.24) is 14.8 Å². The van der Waals surface area contributed by atoms with Crippen LogP contribution in [0.1, 0.15) is 42.0 Å². The molecule has 2 aromatic rings. The molecule has 1 aliphatic heterocycles. The third kappa shape index (κ3) is 4.36. The standard InChI is InChI=1S/C23H29N3O2/c1-28-21-8-9-22-18(15-21)5-4-6-19(22)16-23(27)26-13-11-25(12-14-26)17-20-7-2-3-10-24-20/h2-3,7-10,15,19H,4-6,11-14,16-17H2,1H3. The molecule has 0 radical (unpaired) electrons. The van der Waals surface area contributed by atoms with Crippen molar-refractivity contribution < 1.29 is 9.53 Å². The Balaban J connectivity index is 1.32. The van der Waals surface area contributed by atoms with Gasteiger partial charge in [0.1, 0.15) is 5.75 Å². The van der Waals surface area contributed by atoms with Gasteiger partial charge in [-0.3, -0.25) is 14.7 Å². The number of rotatable bonds is 5. The van der Waals surface area contributed by atoms with Crippen molar-refractivity contribution in [1.29, 1.82) is 0 Å². The largest absolute Gasteiger partial charge is 0.497 e. The van der Waals surface area contributed by atoms with Gasteiger partial charge in [0, 0.05) is 45.3 Å². The van der Waals surface area contributed by atoms with Crippen LogP contribution in [0.2, 0.25) is 0 Å². The Kier molecular flexibility index (Phi) is 5.91. The summed E-state index contributed by atoms with van der Waals surface area (Å²) in [5.74, 6) is 1.55. The molecule has 4 rings (SSSR count). The van der Waals surface area contributed by atoms with E-state index >= 15 is 0 Å². The molecule has 1 saturated heterocycles. The zero-order chi connectivity index (χ0) is 19.3. The number of hydrogen-bond acceptors (Lipinski definition) is 4. The van der Waals surface area contributed by atoms with Crippen LogP contribution < -0.4 is 4.74 Å². The number of benzene rings is 1. The molecule has 1 unspecified atom stereocenters. The number of aromatic nitrogens is 1. The van der Waals surface area contributed by atoms with Crippen molar-refractivity contribution in [3.05, 3.63) is 59.4 Å². The monoisotopic (exact) mass is 379 g/mol. The Bertz CT molecular complexity index is 801. The van der Waals surface area contributed by atoms with Crippen LogP contribution in [0.5, 0.6) is 5.75 Å². The van der Waals surface area contributed by atoms with Gasteiger partial charge in [-0.05, 0) is 60.6 Å². The van der Waals surface area contributed by atoms with Crippen molar-refractivity contribution in [2.24, 2.45) is 0 Å². The highest BCUT2D eigenvalue weighted by atomic mass is 16.5. The van der Waals surface area contributed by atoms with Crippen LogP contribution in [-0.2, 0) is 17.8 Å². The van der Waals surface area contributed by atoms with Crippen molar-refractivity contribution in [3.8, 4) is 5.75 Å². The summed E-state index contributed by atoms with van der Waals surface area (Å²) in [6, 6.07) is 12.4. The molecule has 28 heavy (non-hydrogen) atoms. The Hall–Kier alpha value is -2.40. The molecule has 148 valence electrons. The van der Waals surface area contributed by atoms with E-state index in [9.17, 15) is 4.79 Å². The molecule has 1 aromatic heterocycles. The van der Waals surface area contributed by atoms with E-state index in [4.69, 9.17) is 4.74 Å². The number of amides is 1. The molecule has 0 saturated carbocycles. The second-order valence-electron chi connectivity index (χ2n) is 7.84. The van der Waals surface area contributed by atoms with E-state index in [0.29, 0.717) is 18.2 Å². The van der Waals surface area contributed by atoms with E-state index < -0.39 is 0 Å². The normalized spacial score (nSPS) is 19.9. The van der Waals surface area contributed by atoms with Gasteiger partial charge in [-0.1, -0.05) is 12.1 Å². The van der Waals surface area contributed by atoms with Crippen LogP contribution in [0.25, 0.3) is 0 Å². The highest BCUT2D eigenvalue weighted by molar-refractivity contribution is 5.77. The molecule has 0 spiro atoms. The zero-order valence-corrected chi connectivity index (χ0v) is 16.6. The molecule has 2 heterocycles. The quantitative estimate of drug-likeness (QED) is 0.800. The van der Waals surface area contributed by atoms with Gasteiger partial charge in [-0.15, -0.1) is 0 Å². The predicted molar refractivity (Wildman–Crippen MR) is 109 cm³/mol. The van der Waals surface area contributed by atoms with Gasteiger partial charge in [0.05, 0.1) is 12.8 Å². The Morgan fingerprint density at radius 3 is 2.79 bits per heavy atom. The van der Waals surface area contributed by atoms with Gasteiger partial charge in [-0.2, -0.15) is 0 Å². The maximum Gasteiger partial charge on any atom is 0.223 e.